The van der Waals surface area contributed by atoms with Gasteiger partial charge < -0.3 is 14.8 Å². The molecule has 0 aromatic heterocycles. The van der Waals surface area contributed by atoms with E-state index in [0.29, 0.717) is 11.8 Å². The summed E-state index contributed by atoms with van der Waals surface area (Å²) in [7, 11) is 3.27. The monoisotopic (exact) mass is 297 g/mol. The van der Waals surface area contributed by atoms with Crippen LogP contribution >= 0.6 is 11.6 Å². The predicted molar refractivity (Wildman–Crippen MR) is 82.9 cm³/mol. The number of hydrogen-bond acceptors (Lipinski definition) is 3. The van der Waals surface area contributed by atoms with E-state index >= 15 is 0 Å². The highest BCUT2D eigenvalue weighted by Crippen LogP contribution is 2.33. The van der Waals surface area contributed by atoms with Gasteiger partial charge in [-0.25, -0.2) is 0 Å². The van der Waals surface area contributed by atoms with Crippen LogP contribution in [0.1, 0.15) is 44.1 Å². The van der Waals surface area contributed by atoms with E-state index in [1.54, 1.807) is 14.2 Å². The first-order valence-electron chi connectivity index (χ1n) is 7.38. The van der Waals surface area contributed by atoms with Crippen LogP contribution in [0.25, 0.3) is 0 Å². The highest BCUT2D eigenvalue weighted by atomic mass is 35.5. The van der Waals surface area contributed by atoms with Crippen LogP contribution in [-0.2, 0) is 6.54 Å². The highest BCUT2D eigenvalue weighted by Gasteiger charge is 2.14. The van der Waals surface area contributed by atoms with Crippen molar-refractivity contribution < 1.29 is 9.47 Å². The van der Waals surface area contributed by atoms with Crippen molar-refractivity contribution >= 4 is 11.6 Å². The maximum absolute atomic E-state index is 6.31. The Morgan fingerprint density at radius 2 is 1.65 bits per heavy atom. The second-order valence-corrected chi connectivity index (χ2v) is 5.78. The van der Waals surface area contributed by atoms with E-state index in [0.717, 1.165) is 22.9 Å². The number of benzene rings is 1. The van der Waals surface area contributed by atoms with Gasteiger partial charge in [-0.2, -0.15) is 0 Å². The van der Waals surface area contributed by atoms with Crippen LogP contribution < -0.4 is 14.8 Å². The molecule has 0 saturated heterocycles. The number of nitrogens with one attached hydrogen (secondary N) is 1. The molecule has 0 heterocycles. The Hall–Kier alpha value is -0.930. The van der Waals surface area contributed by atoms with Crippen molar-refractivity contribution in [1.29, 1.82) is 0 Å². The lowest BCUT2D eigenvalue weighted by atomic mass is 10.1. The average Bonchev–Trinajstić information content (AvgIpc) is 2.74. The summed E-state index contributed by atoms with van der Waals surface area (Å²) in [5.41, 5.74) is 1.06. The molecule has 0 bridgehead atoms. The zero-order valence-electron chi connectivity index (χ0n) is 12.4. The van der Waals surface area contributed by atoms with Crippen molar-refractivity contribution in [3.05, 3.63) is 22.7 Å². The first kappa shape index (κ1) is 15.5. The van der Waals surface area contributed by atoms with Gasteiger partial charge in [-0.05, 0) is 24.5 Å². The Balaban J connectivity index is 2.01. The summed E-state index contributed by atoms with van der Waals surface area (Å²) < 4.78 is 10.6. The van der Waals surface area contributed by atoms with Crippen molar-refractivity contribution in [1.82, 2.24) is 5.32 Å². The molecule has 2 rings (SSSR count). The number of methoxy groups -OCH3 is 2. The minimum atomic E-state index is 0.613. The quantitative estimate of drug-likeness (QED) is 0.828. The Kier molecular flexibility index (Phi) is 5.99. The SMILES string of the molecule is COc1cc(Cl)c(CNC2CCCCCC2)cc1OC. The zero-order chi connectivity index (χ0) is 14.4. The highest BCUT2D eigenvalue weighted by molar-refractivity contribution is 6.31. The fourth-order valence-electron chi connectivity index (χ4n) is 2.77. The average molecular weight is 298 g/mol. The third kappa shape index (κ3) is 4.03. The van der Waals surface area contributed by atoms with Gasteiger partial charge in [0.15, 0.2) is 11.5 Å². The number of ether oxygens (including phenoxy) is 2. The maximum atomic E-state index is 6.31. The summed E-state index contributed by atoms with van der Waals surface area (Å²) in [6.45, 7) is 0.782. The molecule has 1 aromatic rings. The van der Waals surface area contributed by atoms with Gasteiger partial charge in [0.05, 0.1) is 14.2 Å². The van der Waals surface area contributed by atoms with Crippen LogP contribution in [0, 0.1) is 0 Å². The van der Waals surface area contributed by atoms with Crippen LogP contribution in [0.15, 0.2) is 12.1 Å². The van der Waals surface area contributed by atoms with E-state index in [4.69, 9.17) is 21.1 Å². The van der Waals surface area contributed by atoms with Gasteiger partial charge in [-0.15, -0.1) is 0 Å². The van der Waals surface area contributed by atoms with E-state index in [9.17, 15) is 0 Å². The first-order valence-corrected chi connectivity index (χ1v) is 7.76. The Labute approximate surface area is 126 Å². The van der Waals surface area contributed by atoms with Crippen LogP contribution in [0.3, 0.4) is 0 Å². The molecule has 1 aliphatic carbocycles. The summed E-state index contributed by atoms with van der Waals surface area (Å²) in [5.74, 6) is 1.41. The summed E-state index contributed by atoms with van der Waals surface area (Å²) in [4.78, 5) is 0. The van der Waals surface area contributed by atoms with E-state index in [2.05, 4.69) is 5.32 Å². The molecule has 0 aliphatic heterocycles. The molecule has 0 amide bonds. The van der Waals surface area contributed by atoms with Crippen molar-refractivity contribution in [2.24, 2.45) is 0 Å². The van der Waals surface area contributed by atoms with Gasteiger partial charge in [0.1, 0.15) is 0 Å². The molecule has 1 fully saturated rings. The molecular formula is C16H24ClNO2. The molecule has 20 heavy (non-hydrogen) atoms. The molecular weight excluding hydrogens is 274 g/mol. The van der Waals surface area contributed by atoms with Gasteiger partial charge in [0.2, 0.25) is 0 Å². The van der Waals surface area contributed by atoms with E-state index in [1.165, 1.54) is 38.5 Å². The maximum Gasteiger partial charge on any atom is 0.162 e. The molecule has 112 valence electrons. The molecule has 0 unspecified atom stereocenters. The van der Waals surface area contributed by atoms with Crippen LogP contribution in [0.2, 0.25) is 5.02 Å². The second kappa shape index (κ2) is 7.75. The lowest BCUT2D eigenvalue weighted by molar-refractivity contribution is 0.354. The lowest BCUT2D eigenvalue weighted by Gasteiger charge is -2.18. The largest absolute Gasteiger partial charge is 0.493 e. The fourth-order valence-corrected chi connectivity index (χ4v) is 2.99. The summed E-state index contributed by atoms with van der Waals surface area (Å²) in [6.07, 6.45) is 7.94. The summed E-state index contributed by atoms with van der Waals surface area (Å²) in [5, 5.41) is 4.35. The molecule has 1 aliphatic rings. The van der Waals surface area contributed by atoms with E-state index < -0.39 is 0 Å². The van der Waals surface area contributed by atoms with Gasteiger partial charge >= 0.3 is 0 Å². The first-order chi connectivity index (χ1) is 9.74. The molecule has 1 aromatic carbocycles. The summed E-state index contributed by atoms with van der Waals surface area (Å²) >= 11 is 6.31. The second-order valence-electron chi connectivity index (χ2n) is 5.37. The molecule has 0 spiro atoms. The van der Waals surface area contributed by atoms with Crippen LogP contribution in [0.5, 0.6) is 11.5 Å². The number of hydrogen-bond donors (Lipinski definition) is 1. The predicted octanol–water partition coefficient (Wildman–Crippen LogP) is 4.17. The molecule has 3 nitrogen and oxygen atoms in total. The van der Waals surface area contributed by atoms with Crippen molar-refractivity contribution in [3.63, 3.8) is 0 Å². The molecule has 0 atom stereocenters. The van der Waals surface area contributed by atoms with Gasteiger partial charge in [0.25, 0.3) is 0 Å². The van der Waals surface area contributed by atoms with E-state index in [-0.39, 0.29) is 0 Å². The van der Waals surface area contributed by atoms with Gasteiger partial charge in [-0.1, -0.05) is 37.3 Å². The fraction of sp³-hybridized carbons (Fsp3) is 0.625. The van der Waals surface area contributed by atoms with Crippen LogP contribution in [-0.4, -0.2) is 20.3 Å². The lowest BCUT2D eigenvalue weighted by Crippen LogP contribution is -2.28. The molecule has 1 N–H and O–H groups in total. The molecule has 1 saturated carbocycles. The number of rotatable bonds is 5. The third-order valence-electron chi connectivity index (χ3n) is 3.99. The smallest absolute Gasteiger partial charge is 0.162 e. The molecule has 0 radical (unpaired) electrons. The van der Waals surface area contributed by atoms with Crippen molar-refractivity contribution in [3.8, 4) is 11.5 Å². The Morgan fingerprint density at radius 3 is 2.25 bits per heavy atom. The molecule has 4 heteroatoms. The zero-order valence-corrected chi connectivity index (χ0v) is 13.1. The third-order valence-corrected chi connectivity index (χ3v) is 4.34. The Morgan fingerprint density at radius 1 is 1.05 bits per heavy atom. The van der Waals surface area contributed by atoms with Gasteiger partial charge in [-0.3, -0.25) is 0 Å². The summed E-state index contributed by atoms with van der Waals surface area (Å²) in [6, 6.07) is 4.40. The van der Waals surface area contributed by atoms with E-state index in [1.807, 2.05) is 12.1 Å². The van der Waals surface area contributed by atoms with Crippen molar-refractivity contribution in [2.75, 3.05) is 14.2 Å². The van der Waals surface area contributed by atoms with Crippen molar-refractivity contribution in [2.45, 2.75) is 51.1 Å². The topological polar surface area (TPSA) is 30.5 Å². The Bertz CT molecular complexity index is 429. The minimum absolute atomic E-state index is 0.613. The minimum Gasteiger partial charge on any atom is -0.493 e. The standard InChI is InChI=1S/C16H24ClNO2/c1-19-15-9-12(14(17)10-16(15)20-2)11-18-13-7-5-3-4-6-8-13/h9-10,13,18H,3-8,11H2,1-2H3. The van der Waals surface area contributed by atoms with Gasteiger partial charge in [0, 0.05) is 23.7 Å². The normalized spacial score (nSPS) is 16.8. The number of halogens is 1. The van der Waals surface area contributed by atoms with Crippen LogP contribution in [0.4, 0.5) is 0 Å².